The van der Waals surface area contributed by atoms with Gasteiger partial charge in [0.2, 0.25) is 0 Å². The van der Waals surface area contributed by atoms with Crippen molar-refractivity contribution < 1.29 is 42.2 Å². The smallest absolute Gasteiger partial charge is 1.00 e. The quantitative estimate of drug-likeness (QED) is 0.412. The second kappa shape index (κ2) is 8.97. The zero-order valence-electron chi connectivity index (χ0n) is 12.7. The predicted molar refractivity (Wildman–Crippen MR) is 88.2 cm³/mol. The normalized spacial score (nSPS) is 9.50. The number of hydrogen-bond acceptors (Lipinski definition) is 1. The minimum absolute atomic E-state index is 0. The van der Waals surface area contributed by atoms with Gasteiger partial charge in [0.1, 0.15) is 0 Å². The number of hydrogen-bond donors (Lipinski definition) is 0. The average molecular weight is 391 g/mol. The molecule has 4 rings (SSSR count). The number of aromatic nitrogens is 1. The molecular formula is C20H14Cl2CrN. The summed E-state index contributed by atoms with van der Waals surface area (Å²) in [5.41, 5.74) is 5.97. The summed E-state index contributed by atoms with van der Waals surface area (Å²) < 4.78 is 0. The van der Waals surface area contributed by atoms with Crippen LogP contribution in [0.1, 0.15) is 0 Å². The molecule has 1 radical (unpaired) electrons. The van der Waals surface area contributed by atoms with E-state index in [0.29, 0.717) is 0 Å². The van der Waals surface area contributed by atoms with E-state index in [0.717, 1.165) is 5.52 Å². The molecule has 0 amide bonds. The first-order chi connectivity index (χ1) is 10.4. The molecule has 0 aliphatic heterocycles. The predicted octanol–water partition coefficient (Wildman–Crippen LogP) is -0.707. The molecule has 0 unspecified atom stereocenters. The molecule has 0 fully saturated rings. The Bertz CT molecular complexity index is 898. The van der Waals surface area contributed by atoms with Gasteiger partial charge in [0.05, 0.1) is 0 Å². The van der Waals surface area contributed by atoms with Crippen LogP contribution in [0.25, 0.3) is 33.2 Å². The zero-order valence-corrected chi connectivity index (χ0v) is 15.5. The van der Waals surface area contributed by atoms with E-state index in [1.54, 1.807) is 0 Å². The molecule has 4 aromatic rings. The van der Waals surface area contributed by atoms with Gasteiger partial charge in [0, 0.05) is 11.7 Å². The zero-order chi connectivity index (χ0) is 14.1. The molecule has 0 spiro atoms. The van der Waals surface area contributed by atoms with Gasteiger partial charge in [-0.3, -0.25) is 4.98 Å². The van der Waals surface area contributed by atoms with Crippen LogP contribution in [-0.4, -0.2) is 4.98 Å². The monoisotopic (exact) mass is 390 g/mol. The number of halogens is 2. The first-order valence-corrected chi connectivity index (χ1v) is 7.08. The summed E-state index contributed by atoms with van der Waals surface area (Å²) >= 11 is 0. The summed E-state index contributed by atoms with van der Waals surface area (Å²) in [6.45, 7) is 0. The van der Waals surface area contributed by atoms with E-state index >= 15 is 0 Å². The van der Waals surface area contributed by atoms with Crippen molar-refractivity contribution >= 4 is 10.9 Å². The summed E-state index contributed by atoms with van der Waals surface area (Å²) in [5.74, 6) is 0. The van der Waals surface area contributed by atoms with E-state index in [4.69, 9.17) is 0 Å². The van der Waals surface area contributed by atoms with Crippen LogP contribution in [0.15, 0.2) is 85.1 Å². The van der Waals surface area contributed by atoms with Crippen LogP contribution in [0.2, 0.25) is 0 Å². The fourth-order valence-electron chi connectivity index (χ4n) is 2.76. The van der Waals surface area contributed by atoms with Gasteiger partial charge in [0.15, 0.2) is 0 Å². The summed E-state index contributed by atoms with van der Waals surface area (Å²) in [5, 5.41) is 1.18. The molecule has 3 aromatic carbocycles. The van der Waals surface area contributed by atoms with Gasteiger partial charge in [-0.05, 0) is 11.5 Å². The van der Waals surface area contributed by atoms with Crippen molar-refractivity contribution in [1.82, 2.24) is 4.98 Å². The number of para-hydroxylation sites is 1. The molecule has 119 valence electrons. The van der Waals surface area contributed by atoms with E-state index in [1.165, 1.54) is 27.6 Å². The van der Waals surface area contributed by atoms with E-state index < -0.39 is 0 Å². The topological polar surface area (TPSA) is 12.9 Å². The van der Waals surface area contributed by atoms with Crippen LogP contribution in [-0.2, 0) is 17.4 Å². The molecule has 0 bridgehead atoms. The van der Waals surface area contributed by atoms with Gasteiger partial charge in [-0.1, -0.05) is 65.2 Å². The molecule has 0 saturated carbocycles. The minimum atomic E-state index is 0. The SMILES string of the molecule is [Cl-].[Cl-].[Cr+3].c1ccc(-c2cc[c-](-c3cccc4cccnc34)c2)cc1. The number of benzene rings is 2. The molecule has 0 atom stereocenters. The number of nitrogens with zero attached hydrogens (tertiary/aromatic N) is 1. The second-order valence-corrected chi connectivity index (χ2v) is 5.14. The third-order valence-electron chi connectivity index (χ3n) is 3.80. The standard InChI is InChI=1S/C20H14N.2ClH.Cr/c1-2-6-15(7-3-1)17-11-12-18(14-17)19-10-4-8-16-9-5-13-21-20(16)19;;;/h1-14H;2*1H;/q-1;;;+3/p-2. The first kappa shape index (κ1) is 20.4. The Morgan fingerprint density at radius 1 is 0.708 bits per heavy atom. The summed E-state index contributed by atoms with van der Waals surface area (Å²) in [6.07, 6.45) is 1.85. The van der Waals surface area contributed by atoms with Crippen molar-refractivity contribution in [2.75, 3.05) is 0 Å². The van der Waals surface area contributed by atoms with Gasteiger partial charge in [-0.25, -0.2) is 0 Å². The van der Waals surface area contributed by atoms with Crippen molar-refractivity contribution in [1.29, 1.82) is 0 Å². The van der Waals surface area contributed by atoms with E-state index in [9.17, 15) is 0 Å². The summed E-state index contributed by atoms with van der Waals surface area (Å²) in [4.78, 5) is 4.54. The van der Waals surface area contributed by atoms with Crippen LogP contribution in [0, 0.1) is 0 Å². The van der Waals surface area contributed by atoms with Crippen molar-refractivity contribution in [3.63, 3.8) is 0 Å². The molecule has 0 N–H and O–H groups in total. The maximum absolute atomic E-state index is 4.54. The fourth-order valence-corrected chi connectivity index (χ4v) is 2.76. The van der Waals surface area contributed by atoms with Crippen molar-refractivity contribution in [3.05, 3.63) is 85.1 Å². The molecule has 1 aromatic heterocycles. The van der Waals surface area contributed by atoms with Crippen molar-refractivity contribution in [2.45, 2.75) is 0 Å². The summed E-state index contributed by atoms with van der Waals surface area (Å²) in [7, 11) is 0. The Morgan fingerprint density at radius 2 is 1.46 bits per heavy atom. The van der Waals surface area contributed by atoms with Crippen molar-refractivity contribution in [2.24, 2.45) is 0 Å². The largest absolute Gasteiger partial charge is 3.00 e. The Hall–Kier alpha value is -1.69. The minimum Gasteiger partial charge on any atom is -1.00 e. The molecule has 0 aliphatic rings. The van der Waals surface area contributed by atoms with Crippen molar-refractivity contribution in [3.8, 4) is 22.3 Å². The van der Waals surface area contributed by atoms with Gasteiger partial charge in [0.25, 0.3) is 0 Å². The Kier molecular flexibility index (Phi) is 7.61. The van der Waals surface area contributed by atoms with Gasteiger partial charge in [-0.2, -0.15) is 0 Å². The Labute approximate surface area is 165 Å². The number of fused-ring (bicyclic) bond motifs is 1. The third kappa shape index (κ3) is 3.86. The molecule has 0 aliphatic carbocycles. The van der Waals surface area contributed by atoms with Gasteiger partial charge >= 0.3 is 17.4 Å². The van der Waals surface area contributed by atoms with E-state index in [1.807, 2.05) is 18.3 Å². The average Bonchev–Trinajstić information content (AvgIpc) is 3.05. The second-order valence-electron chi connectivity index (χ2n) is 5.14. The fraction of sp³-hybridized carbons (Fsp3) is 0. The van der Waals surface area contributed by atoms with Crippen LogP contribution >= 0.6 is 0 Å². The molecule has 1 heterocycles. The van der Waals surface area contributed by atoms with Gasteiger partial charge < -0.3 is 24.8 Å². The van der Waals surface area contributed by atoms with Crippen LogP contribution in [0.3, 0.4) is 0 Å². The molecular weight excluding hydrogens is 377 g/mol. The maximum atomic E-state index is 4.54. The maximum Gasteiger partial charge on any atom is 3.00 e. The molecule has 24 heavy (non-hydrogen) atoms. The number of rotatable bonds is 2. The number of pyridine rings is 1. The van der Waals surface area contributed by atoms with Crippen LogP contribution in [0.5, 0.6) is 0 Å². The van der Waals surface area contributed by atoms with E-state index in [-0.39, 0.29) is 42.2 Å². The van der Waals surface area contributed by atoms with Crippen LogP contribution < -0.4 is 24.8 Å². The molecule has 1 nitrogen and oxygen atoms in total. The van der Waals surface area contributed by atoms with Gasteiger partial charge in [-0.15, -0.1) is 29.8 Å². The molecule has 0 saturated heterocycles. The third-order valence-corrected chi connectivity index (χ3v) is 3.80. The Balaban J connectivity index is 0.000000960. The van der Waals surface area contributed by atoms with Crippen LogP contribution in [0.4, 0.5) is 0 Å². The summed E-state index contributed by atoms with van der Waals surface area (Å²) in [6, 6.07) is 27.5. The molecule has 4 heteroatoms. The Morgan fingerprint density at radius 3 is 2.25 bits per heavy atom. The van der Waals surface area contributed by atoms with E-state index in [2.05, 4.69) is 71.7 Å². The first-order valence-electron chi connectivity index (χ1n) is 7.08.